The molecule has 19 heavy (non-hydrogen) atoms. The van der Waals surface area contributed by atoms with Gasteiger partial charge in [-0.3, -0.25) is 0 Å². The first-order valence-electron chi connectivity index (χ1n) is 6.41. The standard InChI is InChI=1S/C16H14O3/c17-11-1-3-13-10(5-11)7-16(8-19-9-16)15-6-12(18)2-4-14(13)15/h1-6,17-18H,7-9H2. The van der Waals surface area contributed by atoms with Crippen LogP contribution in [0.5, 0.6) is 11.5 Å². The molecule has 4 rings (SSSR count). The number of ether oxygens (including phenoxy) is 1. The van der Waals surface area contributed by atoms with Crippen LogP contribution in [0.25, 0.3) is 11.1 Å². The van der Waals surface area contributed by atoms with Crippen LogP contribution in [0, 0.1) is 0 Å². The highest BCUT2D eigenvalue weighted by atomic mass is 16.5. The van der Waals surface area contributed by atoms with Gasteiger partial charge >= 0.3 is 0 Å². The summed E-state index contributed by atoms with van der Waals surface area (Å²) in [6.07, 6.45) is 0.854. The van der Waals surface area contributed by atoms with Crippen molar-refractivity contribution >= 4 is 0 Å². The first-order valence-corrected chi connectivity index (χ1v) is 6.41. The third kappa shape index (κ3) is 1.42. The number of phenols is 2. The molecule has 2 N–H and O–H groups in total. The van der Waals surface area contributed by atoms with E-state index in [0.29, 0.717) is 24.7 Å². The Kier molecular flexibility index (Phi) is 2.01. The number of hydrogen-bond acceptors (Lipinski definition) is 3. The largest absolute Gasteiger partial charge is 0.508 e. The minimum absolute atomic E-state index is 0.0329. The summed E-state index contributed by atoms with van der Waals surface area (Å²) in [5.74, 6) is 0.601. The van der Waals surface area contributed by atoms with Crippen molar-refractivity contribution in [3.8, 4) is 22.6 Å². The molecule has 3 nitrogen and oxygen atoms in total. The van der Waals surface area contributed by atoms with Gasteiger partial charge in [-0.05, 0) is 52.9 Å². The lowest BCUT2D eigenvalue weighted by Crippen LogP contribution is -2.50. The smallest absolute Gasteiger partial charge is 0.115 e. The lowest BCUT2D eigenvalue weighted by atomic mass is 9.66. The molecule has 1 fully saturated rings. The van der Waals surface area contributed by atoms with Gasteiger partial charge in [0.2, 0.25) is 0 Å². The van der Waals surface area contributed by atoms with E-state index in [-0.39, 0.29) is 5.41 Å². The van der Waals surface area contributed by atoms with Crippen molar-refractivity contribution < 1.29 is 14.9 Å². The summed E-state index contributed by atoms with van der Waals surface area (Å²) in [7, 11) is 0. The first-order chi connectivity index (χ1) is 9.18. The van der Waals surface area contributed by atoms with Crippen LogP contribution >= 0.6 is 0 Å². The highest BCUT2D eigenvalue weighted by Gasteiger charge is 2.45. The number of aromatic hydroxyl groups is 2. The maximum atomic E-state index is 9.75. The molecule has 0 unspecified atom stereocenters. The molecule has 0 radical (unpaired) electrons. The molecule has 1 aliphatic carbocycles. The molecule has 2 aromatic rings. The topological polar surface area (TPSA) is 49.7 Å². The quantitative estimate of drug-likeness (QED) is 0.759. The van der Waals surface area contributed by atoms with E-state index in [0.717, 1.165) is 28.7 Å². The third-order valence-electron chi connectivity index (χ3n) is 4.24. The Hall–Kier alpha value is -2.00. The SMILES string of the molecule is Oc1ccc2c(c1)CC1(COC1)c1cc(O)ccc1-2. The van der Waals surface area contributed by atoms with Crippen molar-refractivity contribution in [3.05, 3.63) is 47.5 Å². The van der Waals surface area contributed by atoms with Gasteiger partial charge in [-0.25, -0.2) is 0 Å². The van der Waals surface area contributed by atoms with E-state index in [2.05, 4.69) is 0 Å². The Labute approximate surface area is 111 Å². The van der Waals surface area contributed by atoms with Crippen LogP contribution < -0.4 is 0 Å². The molecular weight excluding hydrogens is 240 g/mol. The van der Waals surface area contributed by atoms with Crippen molar-refractivity contribution in [1.82, 2.24) is 0 Å². The second-order valence-corrected chi connectivity index (χ2v) is 5.52. The lowest BCUT2D eigenvalue weighted by molar-refractivity contribution is -0.0604. The van der Waals surface area contributed by atoms with Gasteiger partial charge in [-0.15, -0.1) is 0 Å². The normalized spacial score (nSPS) is 18.5. The molecule has 0 saturated carbocycles. The van der Waals surface area contributed by atoms with E-state index < -0.39 is 0 Å². The minimum Gasteiger partial charge on any atom is -0.508 e. The second-order valence-electron chi connectivity index (χ2n) is 5.52. The fourth-order valence-electron chi connectivity index (χ4n) is 3.26. The average Bonchev–Trinajstić information content (AvgIpc) is 2.35. The molecule has 2 aliphatic rings. The summed E-state index contributed by atoms with van der Waals surface area (Å²) in [5, 5.41) is 19.4. The van der Waals surface area contributed by atoms with E-state index >= 15 is 0 Å². The van der Waals surface area contributed by atoms with Crippen LogP contribution in [-0.4, -0.2) is 23.4 Å². The molecule has 3 heteroatoms. The average molecular weight is 254 g/mol. The first kappa shape index (κ1) is 10.9. The van der Waals surface area contributed by atoms with E-state index in [9.17, 15) is 10.2 Å². The van der Waals surface area contributed by atoms with Crippen molar-refractivity contribution in [2.24, 2.45) is 0 Å². The molecule has 0 aromatic heterocycles. The van der Waals surface area contributed by atoms with Gasteiger partial charge < -0.3 is 14.9 Å². The van der Waals surface area contributed by atoms with Crippen molar-refractivity contribution in [3.63, 3.8) is 0 Å². The maximum absolute atomic E-state index is 9.75. The lowest BCUT2D eigenvalue weighted by Gasteiger charge is -2.46. The number of hydrogen-bond donors (Lipinski definition) is 2. The number of phenolic OH excluding ortho intramolecular Hbond substituents is 2. The van der Waals surface area contributed by atoms with Gasteiger partial charge in [0.15, 0.2) is 0 Å². The van der Waals surface area contributed by atoms with Crippen LogP contribution in [0.1, 0.15) is 11.1 Å². The van der Waals surface area contributed by atoms with Crippen LogP contribution in [0.4, 0.5) is 0 Å². The Morgan fingerprint density at radius 3 is 2.26 bits per heavy atom. The molecule has 1 aliphatic heterocycles. The van der Waals surface area contributed by atoms with Crippen LogP contribution in [0.2, 0.25) is 0 Å². The molecule has 1 heterocycles. The summed E-state index contributed by atoms with van der Waals surface area (Å²) < 4.78 is 5.41. The Bertz CT molecular complexity index is 672. The Morgan fingerprint density at radius 1 is 0.895 bits per heavy atom. The molecule has 2 aromatic carbocycles. The second kappa shape index (κ2) is 3.52. The number of fused-ring (bicyclic) bond motifs is 4. The van der Waals surface area contributed by atoms with Crippen LogP contribution in [-0.2, 0) is 16.6 Å². The highest BCUT2D eigenvalue weighted by Crippen LogP contribution is 2.48. The monoisotopic (exact) mass is 254 g/mol. The van der Waals surface area contributed by atoms with Crippen LogP contribution in [0.15, 0.2) is 36.4 Å². The molecule has 0 atom stereocenters. The van der Waals surface area contributed by atoms with Crippen molar-refractivity contribution in [2.75, 3.05) is 13.2 Å². The molecule has 1 spiro atoms. The molecule has 0 bridgehead atoms. The van der Waals surface area contributed by atoms with Gasteiger partial charge in [-0.1, -0.05) is 12.1 Å². The summed E-state index contributed by atoms with van der Waals surface area (Å²) in [6.45, 7) is 1.36. The van der Waals surface area contributed by atoms with E-state index in [1.54, 1.807) is 12.1 Å². The minimum atomic E-state index is -0.0329. The van der Waals surface area contributed by atoms with Gasteiger partial charge in [-0.2, -0.15) is 0 Å². The summed E-state index contributed by atoms with van der Waals surface area (Å²) in [5.41, 5.74) is 4.57. The zero-order valence-corrected chi connectivity index (χ0v) is 10.4. The number of rotatable bonds is 0. The van der Waals surface area contributed by atoms with E-state index in [1.165, 1.54) is 0 Å². The maximum Gasteiger partial charge on any atom is 0.115 e. The molecule has 0 amide bonds. The van der Waals surface area contributed by atoms with Crippen molar-refractivity contribution in [2.45, 2.75) is 11.8 Å². The summed E-state index contributed by atoms with van der Waals surface area (Å²) in [4.78, 5) is 0. The molecule has 96 valence electrons. The predicted octanol–water partition coefficient (Wildman–Crippen LogP) is 2.59. The fourth-order valence-corrected chi connectivity index (χ4v) is 3.26. The third-order valence-corrected chi connectivity index (χ3v) is 4.24. The van der Waals surface area contributed by atoms with Crippen LogP contribution in [0.3, 0.4) is 0 Å². The summed E-state index contributed by atoms with van der Waals surface area (Å²) >= 11 is 0. The van der Waals surface area contributed by atoms with E-state index in [4.69, 9.17) is 4.74 Å². The molecular formula is C16H14O3. The van der Waals surface area contributed by atoms with Gasteiger partial charge in [0.1, 0.15) is 11.5 Å². The highest BCUT2D eigenvalue weighted by molar-refractivity contribution is 5.77. The molecule has 1 saturated heterocycles. The van der Waals surface area contributed by atoms with Gasteiger partial charge in [0, 0.05) is 5.41 Å². The zero-order chi connectivity index (χ0) is 13.0. The predicted molar refractivity (Wildman–Crippen MR) is 71.4 cm³/mol. The van der Waals surface area contributed by atoms with Gasteiger partial charge in [0.25, 0.3) is 0 Å². The summed E-state index contributed by atoms with van der Waals surface area (Å²) in [6, 6.07) is 11.0. The van der Waals surface area contributed by atoms with Crippen molar-refractivity contribution in [1.29, 1.82) is 0 Å². The zero-order valence-electron chi connectivity index (χ0n) is 10.4. The Morgan fingerprint density at radius 2 is 1.58 bits per heavy atom. The van der Waals surface area contributed by atoms with Gasteiger partial charge in [0.05, 0.1) is 13.2 Å². The Balaban J connectivity index is 2.00. The van der Waals surface area contributed by atoms with E-state index in [1.807, 2.05) is 24.3 Å². The fraction of sp³-hybridized carbons (Fsp3) is 0.250. The number of benzene rings is 2.